The maximum Gasteiger partial charge on any atom is 0.264 e. The Morgan fingerprint density at radius 3 is 2.67 bits per heavy atom. The Bertz CT molecular complexity index is 221. The van der Waals surface area contributed by atoms with Crippen molar-refractivity contribution in [2.75, 3.05) is 33.4 Å². The minimum Gasteiger partial charge on any atom is -0.378 e. The zero-order valence-electron chi connectivity index (χ0n) is 9.01. The van der Waals surface area contributed by atoms with Gasteiger partial charge in [0.15, 0.2) is 0 Å². The number of hydrogen-bond acceptors (Lipinski definition) is 3. The van der Waals surface area contributed by atoms with Crippen LogP contribution >= 0.6 is 0 Å². The van der Waals surface area contributed by atoms with Crippen LogP contribution in [0.4, 0.5) is 8.78 Å². The van der Waals surface area contributed by atoms with E-state index in [1.165, 1.54) is 0 Å². The largest absolute Gasteiger partial charge is 0.378 e. The Hall–Kier alpha value is -0.260. The predicted octanol–water partition coefficient (Wildman–Crippen LogP) is 0.704. The molecule has 5 heteroatoms. The fourth-order valence-electron chi connectivity index (χ4n) is 2.04. The summed E-state index contributed by atoms with van der Waals surface area (Å²) in [5, 5.41) is 2.87. The van der Waals surface area contributed by atoms with Gasteiger partial charge in [0, 0.05) is 19.5 Å². The molecule has 2 aliphatic rings. The van der Waals surface area contributed by atoms with Crippen LogP contribution in [0.2, 0.25) is 0 Å². The number of nitrogens with one attached hydrogen (secondary N) is 1. The molecule has 2 saturated heterocycles. The molecule has 0 aromatic rings. The van der Waals surface area contributed by atoms with E-state index in [0.717, 1.165) is 13.2 Å². The molecule has 0 bridgehead atoms. The van der Waals surface area contributed by atoms with Crippen LogP contribution in [0.5, 0.6) is 0 Å². The highest BCUT2D eigenvalue weighted by atomic mass is 19.3. The minimum absolute atomic E-state index is 0.0199. The van der Waals surface area contributed by atoms with E-state index in [0.29, 0.717) is 25.6 Å². The summed E-state index contributed by atoms with van der Waals surface area (Å²) in [5.74, 6) is -2.52. The number of likely N-dealkylation sites (N-methyl/N-ethyl adjacent to an activating group) is 1. The molecule has 0 radical (unpaired) electrons. The van der Waals surface area contributed by atoms with Crippen molar-refractivity contribution in [1.82, 2.24) is 10.2 Å². The van der Waals surface area contributed by atoms with Crippen LogP contribution in [0.15, 0.2) is 0 Å². The summed E-state index contributed by atoms with van der Waals surface area (Å²) in [5.41, 5.74) is 0. The summed E-state index contributed by atoms with van der Waals surface area (Å²) >= 11 is 0. The van der Waals surface area contributed by atoms with Gasteiger partial charge in [-0.2, -0.15) is 0 Å². The van der Waals surface area contributed by atoms with E-state index in [2.05, 4.69) is 10.2 Å². The van der Waals surface area contributed by atoms with Crippen molar-refractivity contribution in [3.05, 3.63) is 0 Å². The molecule has 1 N–H and O–H groups in total. The third-order valence-corrected chi connectivity index (χ3v) is 3.37. The first-order chi connectivity index (χ1) is 7.09. The number of halogens is 2. The second-order valence-corrected chi connectivity index (χ2v) is 4.48. The van der Waals surface area contributed by atoms with E-state index in [-0.39, 0.29) is 6.42 Å². The SMILES string of the molecule is CN(CCC1NCCC1(F)F)C1COC1. The molecule has 0 aliphatic carbocycles. The van der Waals surface area contributed by atoms with Gasteiger partial charge in [-0.1, -0.05) is 0 Å². The monoisotopic (exact) mass is 220 g/mol. The minimum atomic E-state index is -2.52. The molecule has 1 atom stereocenters. The molecule has 1 unspecified atom stereocenters. The van der Waals surface area contributed by atoms with Gasteiger partial charge in [0.25, 0.3) is 5.92 Å². The third-order valence-electron chi connectivity index (χ3n) is 3.37. The second-order valence-electron chi connectivity index (χ2n) is 4.48. The molecule has 0 aromatic heterocycles. The van der Waals surface area contributed by atoms with Gasteiger partial charge >= 0.3 is 0 Å². The van der Waals surface area contributed by atoms with Gasteiger partial charge in [-0.3, -0.25) is 4.90 Å². The molecule has 3 nitrogen and oxygen atoms in total. The van der Waals surface area contributed by atoms with Gasteiger partial charge in [-0.25, -0.2) is 8.78 Å². The van der Waals surface area contributed by atoms with Crippen LogP contribution in [0.3, 0.4) is 0 Å². The lowest BCUT2D eigenvalue weighted by Gasteiger charge is -2.35. The lowest BCUT2D eigenvalue weighted by Crippen LogP contribution is -2.49. The Labute approximate surface area is 88.8 Å². The standard InChI is InChI=1S/C10H18F2N2O/c1-14(8-6-15-7-8)5-2-9-10(11,12)3-4-13-9/h8-9,13H,2-7H2,1H3. The Balaban J connectivity index is 1.72. The number of alkyl halides is 2. The second kappa shape index (κ2) is 4.31. The van der Waals surface area contributed by atoms with Crippen molar-refractivity contribution in [2.45, 2.75) is 30.8 Å². The summed E-state index contributed by atoms with van der Waals surface area (Å²) in [6.45, 7) is 2.63. The molecule has 0 spiro atoms. The Morgan fingerprint density at radius 1 is 1.47 bits per heavy atom. The van der Waals surface area contributed by atoms with E-state index in [4.69, 9.17) is 4.74 Å². The Kier molecular flexibility index (Phi) is 3.23. The molecule has 2 heterocycles. The first-order valence-corrected chi connectivity index (χ1v) is 5.49. The smallest absolute Gasteiger partial charge is 0.264 e. The topological polar surface area (TPSA) is 24.5 Å². The van der Waals surface area contributed by atoms with Gasteiger partial charge in [0.1, 0.15) is 0 Å². The maximum atomic E-state index is 13.3. The highest BCUT2D eigenvalue weighted by Crippen LogP contribution is 2.29. The van der Waals surface area contributed by atoms with Gasteiger partial charge in [0.05, 0.1) is 25.3 Å². The van der Waals surface area contributed by atoms with Gasteiger partial charge < -0.3 is 10.1 Å². The molecular weight excluding hydrogens is 202 g/mol. The van der Waals surface area contributed by atoms with E-state index < -0.39 is 12.0 Å². The van der Waals surface area contributed by atoms with Crippen molar-refractivity contribution >= 4 is 0 Å². The predicted molar refractivity (Wildman–Crippen MR) is 53.2 cm³/mol. The van der Waals surface area contributed by atoms with E-state index in [9.17, 15) is 8.78 Å². The van der Waals surface area contributed by atoms with Crippen molar-refractivity contribution < 1.29 is 13.5 Å². The van der Waals surface area contributed by atoms with Crippen LogP contribution in [-0.2, 0) is 4.74 Å². The average Bonchev–Trinajstić information content (AvgIpc) is 2.38. The van der Waals surface area contributed by atoms with Crippen LogP contribution in [0.25, 0.3) is 0 Å². The highest BCUT2D eigenvalue weighted by Gasteiger charge is 2.43. The van der Waals surface area contributed by atoms with Crippen molar-refractivity contribution in [3.63, 3.8) is 0 Å². The molecule has 0 amide bonds. The molecule has 0 aromatic carbocycles. The van der Waals surface area contributed by atoms with Gasteiger partial charge in [0.2, 0.25) is 0 Å². The number of rotatable bonds is 4. The molecular formula is C10H18F2N2O. The first kappa shape index (κ1) is 11.2. The van der Waals surface area contributed by atoms with E-state index in [1.807, 2.05) is 7.05 Å². The number of hydrogen-bond donors (Lipinski definition) is 1. The van der Waals surface area contributed by atoms with Crippen molar-refractivity contribution in [1.29, 1.82) is 0 Å². The van der Waals surface area contributed by atoms with Crippen LogP contribution in [-0.4, -0.2) is 56.3 Å². The zero-order valence-corrected chi connectivity index (χ0v) is 9.01. The molecule has 2 fully saturated rings. The normalized spacial score (nSPS) is 30.8. The fourth-order valence-corrected chi connectivity index (χ4v) is 2.04. The highest BCUT2D eigenvalue weighted by molar-refractivity contribution is 4.91. The van der Waals surface area contributed by atoms with E-state index >= 15 is 0 Å². The molecule has 2 aliphatic heterocycles. The van der Waals surface area contributed by atoms with E-state index in [1.54, 1.807) is 0 Å². The summed E-state index contributed by atoms with van der Waals surface area (Å²) in [7, 11) is 1.97. The number of nitrogens with zero attached hydrogens (tertiary/aromatic N) is 1. The van der Waals surface area contributed by atoms with Gasteiger partial charge in [-0.05, 0) is 13.5 Å². The fraction of sp³-hybridized carbons (Fsp3) is 1.00. The average molecular weight is 220 g/mol. The molecule has 15 heavy (non-hydrogen) atoms. The Morgan fingerprint density at radius 2 is 2.20 bits per heavy atom. The number of ether oxygens (including phenoxy) is 1. The van der Waals surface area contributed by atoms with Gasteiger partial charge in [-0.15, -0.1) is 0 Å². The molecule has 2 rings (SSSR count). The third kappa shape index (κ3) is 2.46. The first-order valence-electron chi connectivity index (χ1n) is 5.49. The van der Waals surface area contributed by atoms with Crippen molar-refractivity contribution in [3.8, 4) is 0 Å². The maximum absolute atomic E-state index is 13.3. The van der Waals surface area contributed by atoms with Crippen LogP contribution in [0, 0.1) is 0 Å². The molecule has 0 saturated carbocycles. The summed E-state index contributed by atoms with van der Waals surface area (Å²) < 4.78 is 31.6. The van der Waals surface area contributed by atoms with Crippen LogP contribution < -0.4 is 5.32 Å². The summed E-state index contributed by atoms with van der Waals surface area (Å²) in [4.78, 5) is 2.11. The van der Waals surface area contributed by atoms with Crippen LogP contribution in [0.1, 0.15) is 12.8 Å². The van der Waals surface area contributed by atoms with Crippen molar-refractivity contribution in [2.24, 2.45) is 0 Å². The lowest BCUT2D eigenvalue weighted by molar-refractivity contribution is -0.0614. The quantitative estimate of drug-likeness (QED) is 0.755. The summed E-state index contributed by atoms with van der Waals surface area (Å²) in [6.07, 6.45) is 0.494. The molecule has 88 valence electrons. The summed E-state index contributed by atoms with van der Waals surface area (Å²) in [6, 6.07) is -0.207. The lowest BCUT2D eigenvalue weighted by atomic mass is 10.1. The zero-order chi connectivity index (χ0) is 10.9.